The van der Waals surface area contributed by atoms with Crippen molar-refractivity contribution in [2.45, 2.75) is 57.4 Å². The van der Waals surface area contributed by atoms with Gasteiger partial charge in [0.2, 0.25) is 0 Å². The van der Waals surface area contributed by atoms with Gasteiger partial charge in [0.05, 0.1) is 0 Å². The highest BCUT2D eigenvalue weighted by molar-refractivity contribution is 9.10. The molecular formula is C13H21BrN2S. The lowest BCUT2D eigenvalue weighted by Crippen LogP contribution is -2.16. The van der Waals surface area contributed by atoms with Crippen molar-refractivity contribution in [3.63, 3.8) is 0 Å². The molecule has 2 nitrogen and oxygen atoms in total. The van der Waals surface area contributed by atoms with Gasteiger partial charge in [0.1, 0.15) is 15.5 Å². The van der Waals surface area contributed by atoms with Gasteiger partial charge in [0, 0.05) is 11.5 Å². The molecule has 96 valence electrons. The molecule has 0 aliphatic heterocycles. The maximum Gasteiger partial charge on any atom is 0.136 e. The molecule has 0 fully saturated rings. The molecule has 0 aliphatic rings. The first-order chi connectivity index (χ1) is 7.93. The van der Waals surface area contributed by atoms with Gasteiger partial charge in [-0.2, -0.15) is 0 Å². The Kier molecular flexibility index (Phi) is 5.93. The van der Waals surface area contributed by atoms with E-state index in [-0.39, 0.29) is 5.41 Å². The molecule has 0 aliphatic carbocycles. The summed E-state index contributed by atoms with van der Waals surface area (Å²) in [5.74, 6) is 2.05. The average Bonchev–Trinajstić information content (AvgIpc) is 2.22. The lowest BCUT2D eigenvalue weighted by molar-refractivity contribution is 0.536. The van der Waals surface area contributed by atoms with E-state index in [9.17, 15) is 0 Å². The van der Waals surface area contributed by atoms with Crippen molar-refractivity contribution in [1.82, 2.24) is 9.97 Å². The molecule has 0 bridgehead atoms. The third-order valence-electron chi connectivity index (χ3n) is 2.34. The van der Waals surface area contributed by atoms with Crippen LogP contribution in [0.25, 0.3) is 0 Å². The lowest BCUT2D eigenvalue weighted by Gasteiger charge is -2.17. The van der Waals surface area contributed by atoms with Gasteiger partial charge in [-0.05, 0) is 28.1 Å². The van der Waals surface area contributed by atoms with Gasteiger partial charge in [-0.1, -0.05) is 40.5 Å². The van der Waals surface area contributed by atoms with Crippen LogP contribution in [0.2, 0.25) is 0 Å². The number of rotatable bonds is 5. The van der Waals surface area contributed by atoms with Crippen molar-refractivity contribution in [1.29, 1.82) is 0 Å². The predicted molar refractivity (Wildman–Crippen MR) is 78.7 cm³/mol. The molecule has 0 aromatic carbocycles. The van der Waals surface area contributed by atoms with E-state index >= 15 is 0 Å². The molecule has 1 heterocycles. The fourth-order valence-corrected chi connectivity index (χ4v) is 2.78. The van der Waals surface area contributed by atoms with E-state index in [1.54, 1.807) is 0 Å². The van der Waals surface area contributed by atoms with Crippen LogP contribution in [0, 0.1) is 0 Å². The Bertz CT molecular complexity index is 361. The minimum absolute atomic E-state index is 0.00249. The molecule has 0 amide bonds. The van der Waals surface area contributed by atoms with Crippen LogP contribution in [0.3, 0.4) is 0 Å². The third kappa shape index (κ3) is 5.38. The van der Waals surface area contributed by atoms with Gasteiger partial charge in [-0.25, -0.2) is 9.97 Å². The second kappa shape index (κ2) is 6.74. The summed E-state index contributed by atoms with van der Waals surface area (Å²) in [6.07, 6.45) is 3.82. The van der Waals surface area contributed by atoms with Gasteiger partial charge in [0.25, 0.3) is 0 Å². The summed E-state index contributed by atoms with van der Waals surface area (Å²) in [6, 6.07) is 2.01. The monoisotopic (exact) mass is 316 g/mol. The average molecular weight is 317 g/mol. The molecule has 0 unspecified atom stereocenters. The molecule has 17 heavy (non-hydrogen) atoms. The summed E-state index contributed by atoms with van der Waals surface area (Å²) in [4.78, 5) is 9.07. The number of aromatic nitrogens is 2. The van der Waals surface area contributed by atoms with Gasteiger partial charge in [0.15, 0.2) is 0 Å². The van der Waals surface area contributed by atoms with Crippen LogP contribution in [-0.4, -0.2) is 15.7 Å². The topological polar surface area (TPSA) is 25.8 Å². The minimum Gasteiger partial charge on any atom is -0.226 e. The standard InChI is InChI=1S/C13H21BrN2S/c1-5-6-7-8-17-11-9-10(14)15-12(16-11)13(2,3)4/h9H,5-8H2,1-4H3. The van der Waals surface area contributed by atoms with Gasteiger partial charge in [-0.15, -0.1) is 11.8 Å². The highest BCUT2D eigenvalue weighted by Gasteiger charge is 2.18. The molecular weight excluding hydrogens is 296 g/mol. The molecule has 4 heteroatoms. The van der Waals surface area contributed by atoms with Gasteiger partial charge >= 0.3 is 0 Å². The number of thioether (sulfide) groups is 1. The normalized spacial score (nSPS) is 11.8. The first-order valence-electron chi connectivity index (χ1n) is 6.11. The first kappa shape index (κ1) is 15.0. The summed E-state index contributed by atoms with van der Waals surface area (Å²) in [6.45, 7) is 8.64. The van der Waals surface area contributed by atoms with Crippen molar-refractivity contribution in [2.24, 2.45) is 0 Å². The Morgan fingerprint density at radius 2 is 1.94 bits per heavy atom. The fraction of sp³-hybridized carbons (Fsp3) is 0.692. The van der Waals surface area contributed by atoms with E-state index in [1.807, 2.05) is 17.8 Å². The van der Waals surface area contributed by atoms with Crippen LogP contribution in [-0.2, 0) is 5.41 Å². The molecule has 0 radical (unpaired) electrons. The lowest BCUT2D eigenvalue weighted by atomic mass is 9.96. The Labute approximate surface area is 117 Å². The molecule has 0 saturated carbocycles. The van der Waals surface area contributed by atoms with E-state index in [1.165, 1.54) is 19.3 Å². The Hall–Kier alpha value is -0.0900. The van der Waals surface area contributed by atoms with Crippen LogP contribution in [0.15, 0.2) is 15.7 Å². The van der Waals surface area contributed by atoms with Gasteiger partial charge < -0.3 is 0 Å². The van der Waals surface area contributed by atoms with Crippen LogP contribution in [0.5, 0.6) is 0 Å². The van der Waals surface area contributed by atoms with E-state index < -0.39 is 0 Å². The van der Waals surface area contributed by atoms with Crippen LogP contribution in [0.4, 0.5) is 0 Å². The Morgan fingerprint density at radius 1 is 1.24 bits per heavy atom. The third-order valence-corrected chi connectivity index (χ3v) is 3.74. The fourth-order valence-electron chi connectivity index (χ4n) is 1.34. The highest BCUT2D eigenvalue weighted by Crippen LogP contribution is 2.25. The smallest absolute Gasteiger partial charge is 0.136 e. The second-order valence-electron chi connectivity index (χ2n) is 5.16. The maximum absolute atomic E-state index is 4.62. The van der Waals surface area contributed by atoms with E-state index in [2.05, 4.69) is 53.6 Å². The number of hydrogen-bond donors (Lipinski definition) is 0. The van der Waals surface area contributed by atoms with Crippen molar-refractivity contribution in [3.8, 4) is 0 Å². The quantitative estimate of drug-likeness (QED) is 0.442. The number of nitrogens with zero attached hydrogens (tertiary/aromatic N) is 2. The van der Waals surface area contributed by atoms with Crippen LogP contribution < -0.4 is 0 Å². The molecule has 0 N–H and O–H groups in total. The van der Waals surface area contributed by atoms with Crippen molar-refractivity contribution >= 4 is 27.7 Å². The zero-order valence-corrected chi connectivity index (χ0v) is 13.5. The minimum atomic E-state index is 0.00249. The SMILES string of the molecule is CCCCCSc1cc(Br)nc(C(C)(C)C)n1. The molecule has 0 atom stereocenters. The molecule has 1 aromatic heterocycles. The zero-order chi connectivity index (χ0) is 12.9. The Morgan fingerprint density at radius 3 is 2.53 bits per heavy atom. The largest absolute Gasteiger partial charge is 0.226 e. The zero-order valence-electron chi connectivity index (χ0n) is 11.1. The summed E-state index contributed by atoms with van der Waals surface area (Å²) < 4.78 is 0.885. The molecule has 1 rings (SSSR count). The van der Waals surface area contributed by atoms with Crippen molar-refractivity contribution < 1.29 is 0 Å². The summed E-state index contributed by atoms with van der Waals surface area (Å²) in [7, 11) is 0. The van der Waals surface area contributed by atoms with E-state index in [0.29, 0.717) is 0 Å². The second-order valence-corrected chi connectivity index (χ2v) is 7.09. The molecule has 1 aromatic rings. The van der Waals surface area contributed by atoms with Crippen molar-refractivity contribution in [2.75, 3.05) is 5.75 Å². The highest BCUT2D eigenvalue weighted by atomic mass is 79.9. The number of halogens is 1. The Balaban J connectivity index is 2.69. The first-order valence-corrected chi connectivity index (χ1v) is 7.89. The summed E-state index contributed by atoms with van der Waals surface area (Å²) >= 11 is 5.29. The molecule has 0 saturated heterocycles. The van der Waals surface area contributed by atoms with Gasteiger partial charge in [-0.3, -0.25) is 0 Å². The molecule has 0 spiro atoms. The van der Waals surface area contributed by atoms with E-state index in [4.69, 9.17) is 0 Å². The number of hydrogen-bond acceptors (Lipinski definition) is 3. The van der Waals surface area contributed by atoms with Crippen molar-refractivity contribution in [3.05, 3.63) is 16.5 Å². The van der Waals surface area contributed by atoms with Crippen LogP contribution >= 0.6 is 27.7 Å². The summed E-state index contributed by atoms with van der Waals surface area (Å²) in [5.41, 5.74) is 0.00249. The number of unbranched alkanes of at least 4 members (excludes halogenated alkanes) is 2. The predicted octanol–water partition coefficient (Wildman–Crippen LogP) is 4.82. The van der Waals surface area contributed by atoms with E-state index in [0.717, 1.165) is 21.2 Å². The maximum atomic E-state index is 4.62. The summed E-state index contributed by atoms with van der Waals surface area (Å²) in [5, 5.41) is 1.08. The van der Waals surface area contributed by atoms with Crippen LogP contribution in [0.1, 0.15) is 52.8 Å².